The molecular weight excluding hydrogens is 370 g/mol. The fraction of sp³-hybridized carbons (Fsp3) is 0.0435. The second kappa shape index (κ2) is 8.06. The van der Waals surface area contributed by atoms with Crippen molar-refractivity contribution in [2.75, 3.05) is 0 Å². The highest BCUT2D eigenvalue weighted by Gasteiger charge is 2.11. The Kier molecular flexibility index (Phi) is 5.17. The van der Waals surface area contributed by atoms with Gasteiger partial charge < -0.3 is 9.84 Å². The van der Waals surface area contributed by atoms with Crippen LogP contribution in [0.4, 0.5) is 0 Å². The number of hydrogen-bond acceptors (Lipinski definition) is 4. The van der Waals surface area contributed by atoms with Gasteiger partial charge in [0.25, 0.3) is 0 Å². The van der Waals surface area contributed by atoms with Gasteiger partial charge in [-0.2, -0.15) is 0 Å². The van der Waals surface area contributed by atoms with Crippen molar-refractivity contribution in [2.24, 2.45) is 0 Å². The molecule has 0 aliphatic heterocycles. The summed E-state index contributed by atoms with van der Waals surface area (Å²) in [6.07, 6.45) is 0. The molecule has 0 amide bonds. The Labute approximate surface area is 166 Å². The molecule has 0 bridgehead atoms. The van der Waals surface area contributed by atoms with Gasteiger partial charge in [-0.3, -0.25) is 0 Å². The van der Waals surface area contributed by atoms with Crippen molar-refractivity contribution in [1.82, 2.24) is 4.98 Å². The number of carboxylic acid groups (broad SMARTS) is 1. The van der Waals surface area contributed by atoms with Crippen molar-refractivity contribution in [3.63, 3.8) is 0 Å². The van der Waals surface area contributed by atoms with Crippen LogP contribution in [0.5, 0.6) is 5.75 Å². The van der Waals surface area contributed by atoms with E-state index in [-0.39, 0.29) is 12.2 Å². The molecule has 3 aromatic carbocycles. The second-order valence-corrected chi connectivity index (χ2v) is 7.10. The summed E-state index contributed by atoms with van der Waals surface area (Å²) in [6.45, 7) is 0.233. The minimum atomic E-state index is -1.01. The van der Waals surface area contributed by atoms with E-state index in [0.717, 1.165) is 21.8 Å². The highest BCUT2D eigenvalue weighted by molar-refractivity contribution is 7.09. The van der Waals surface area contributed by atoms with Gasteiger partial charge in [0.15, 0.2) is 0 Å². The minimum Gasteiger partial charge on any atom is -0.486 e. The van der Waals surface area contributed by atoms with Gasteiger partial charge in [0.1, 0.15) is 22.9 Å². The topological polar surface area (TPSA) is 59.4 Å². The van der Waals surface area contributed by atoms with Gasteiger partial charge in [-0.15, -0.1) is 11.3 Å². The quantitative estimate of drug-likeness (QED) is 0.457. The van der Waals surface area contributed by atoms with Crippen molar-refractivity contribution < 1.29 is 14.6 Å². The SMILES string of the molecule is O=C(O)c1ccccc1OCc1nc(-c2ccc(-c3ccccc3)cc2)cs1. The minimum absolute atomic E-state index is 0.149. The molecule has 0 saturated carbocycles. The molecule has 28 heavy (non-hydrogen) atoms. The van der Waals surface area contributed by atoms with E-state index in [2.05, 4.69) is 41.4 Å². The Hall–Kier alpha value is -3.44. The van der Waals surface area contributed by atoms with Gasteiger partial charge in [0.2, 0.25) is 0 Å². The number of aromatic nitrogens is 1. The first-order valence-electron chi connectivity index (χ1n) is 8.76. The maximum atomic E-state index is 11.3. The molecule has 0 unspecified atom stereocenters. The highest BCUT2D eigenvalue weighted by Crippen LogP contribution is 2.27. The lowest BCUT2D eigenvalue weighted by Crippen LogP contribution is -2.03. The van der Waals surface area contributed by atoms with Crippen molar-refractivity contribution in [1.29, 1.82) is 0 Å². The van der Waals surface area contributed by atoms with E-state index < -0.39 is 5.97 Å². The van der Waals surface area contributed by atoms with Crippen LogP contribution in [0.3, 0.4) is 0 Å². The smallest absolute Gasteiger partial charge is 0.339 e. The number of ether oxygens (including phenoxy) is 1. The van der Waals surface area contributed by atoms with E-state index in [0.29, 0.717) is 5.75 Å². The van der Waals surface area contributed by atoms with Gasteiger partial charge in [0.05, 0.1) is 5.69 Å². The number of benzene rings is 3. The summed E-state index contributed by atoms with van der Waals surface area (Å²) in [7, 11) is 0. The number of carbonyl (C=O) groups is 1. The van der Waals surface area contributed by atoms with Gasteiger partial charge >= 0.3 is 5.97 Å². The standard InChI is InChI=1S/C23H17NO3S/c25-23(26)19-8-4-5-9-21(19)27-14-22-24-20(15-28-22)18-12-10-17(11-13-18)16-6-2-1-3-7-16/h1-13,15H,14H2,(H,25,26). The molecule has 0 radical (unpaired) electrons. The molecule has 5 heteroatoms. The summed E-state index contributed by atoms with van der Waals surface area (Å²) in [6, 6.07) is 25.1. The van der Waals surface area contributed by atoms with Crippen LogP contribution in [0.1, 0.15) is 15.4 Å². The number of hydrogen-bond donors (Lipinski definition) is 1. The Morgan fingerprint density at radius 1 is 0.857 bits per heavy atom. The number of nitrogens with zero attached hydrogens (tertiary/aromatic N) is 1. The molecule has 138 valence electrons. The summed E-state index contributed by atoms with van der Waals surface area (Å²) in [5.41, 5.74) is 4.41. The molecule has 4 aromatic rings. The van der Waals surface area contributed by atoms with Gasteiger partial charge in [0, 0.05) is 10.9 Å². The number of carboxylic acids is 1. The van der Waals surface area contributed by atoms with Crippen molar-refractivity contribution in [3.8, 4) is 28.1 Å². The van der Waals surface area contributed by atoms with Crippen LogP contribution in [0.15, 0.2) is 84.2 Å². The molecule has 4 rings (SSSR count). The normalized spacial score (nSPS) is 10.6. The van der Waals surface area contributed by atoms with Crippen LogP contribution >= 0.6 is 11.3 Å². The maximum absolute atomic E-state index is 11.3. The average molecular weight is 387 g/mol. The Balaban J connectivity index is 1.47. The van der Waals surface area contributed by atoms with Crippen LogP contribution < -0.4 is 4.74 Å². The van der Waals surface area contributed by atoms with E-state index in [1.807, 2.05) is 23.6 Å². The van der Waals surface area contributed by atoms with Crippen molar-refractivity contribution in [2.45, 2.75) is 6.61 Å². The van der Waals surface area contributed by atoms with Crippen LogP contribution in [-0.2, 0) is 6.61 Å². The van der Waals surface area contributed by atoms with Gasteiger partial charge in [-0.25, -0.2) is 9.78 Å². The van der Waals surface area contributed by atoms with E-state index in [4.69, 9.17) is 4.74 Å². The zero-order valence-corrected chi connectivity index (χ0v) is 15.7. The first kappa shape index (κ1) is 17.9. The zero-order valence-electron chi connectivity index (χ0n) is 14.9. The molecule has 0 aliphatic carbocycles. The molecule has 0 atom stereocenters. The first-order valence-corrected chi connectivity index (χ1v) is 9.64. The fourth-order valence-electron chi connectivity index (χ4n) is 2.88. The lowest BCUT2D eigenvalue weighted by molar-refractivity contribution is 0.0691. The third-order valence-electron chi connectivity index (χ3n) is 4.31. The van der Waals surface area contributed by atoms with Crippen LogP contribution in [-0.4, -0.2) is 16.1 Å². The number of aromatic carboxylic acids is 1. The van der Waals surface area contributed by atoms with E-state index >= 15 is 0 Å². The number of thiazole rings is 1. The Morgan fingerprint density at radius 3 is 2.25 bits per heavy atom. The monoisotopic (exact) mass is 387 g/mol. The summed E-state index contributed by atoms with van der Waals surface area (Å²) in [5.74, 6) is -0.659. The highest BCUT2D eigenvalue weighted by atomic mass is 32.1. The molecule has 1 aromatic heterocycles. The predicted molar refractivity (Wildman–Crippen MR) is 111 cm³/mol. The third kappa shape index (κ3) is 3.94. The van der Waals surface area contributed by atoms with Crippen molar-refractivity contribution >= 4 is 17.3 Å². The molecule has 0 spiro atoms. The number of para-hydroxylation sites is 1. The molecule has 0 fully saturated rings. The van der Waals surface area contributed by atoms with Crippen molar-refractivity contribution in [3.05, 3.63) is 94.8 Å². The van der Waals surface area contributed by atoms with Crippen LogP contribution in [0.2, 0.25) is 0 Å². The first-order chi connectivity index (χ1) is 13.7. The maximum Gasteiger partial charge on any atom is 0.339 e. The Bertz CT molecular complexity index is 1090. The van der Waals surface area contributed by atoms with E-state index in [9.17, 15) is 9.90 Å². The fourth-order valence-corrected chi connectivity index (χ4v) is 3.60. The summed E-state index contributed by atoms with van der Waals surface area (Å²) >= 11 is 1.49. The lowest BCUT2D eigenvalue weighted by Gasteiger charge is -2.07. The average Bonchev–Trinajstić information content (AvgIpc) is 3.22. The summed E-state index contributed by atoms with van der Waals surface area (Å²) < 4.78 is 5.68. The van der Waals surface area contributed by atoms with Crippen LogP contribution in [0.25, 0.3) is 22.4 Å². The Morgan fingerprint density at radius 2 is 1.50 bits per heavy atom. The van der Waals surface area contributed by atoms with E-state index in [1.165, 1.54) is 23.0 Å². The molecule has 0 aliphatic rings. The molecular formula is C23H17NO3S. The third-order valence-corrected chi connectivity index (χ3v) is 5.13. The molecule has 1 heterocycles. The predicted octanol–water partition coefficient (Wildman–Crippen LogP) is 5.75. The summed E-state index contributed by atoms with van der Waals surface area (Å²) in [5, 5.41) is 12.0. The molecule has 4 nitrogen and oxygen atoms in total. The zero-order chi connectivity index (χ0) is 19.3. The van der Waals surface area contributed by atoms with Crippen LogP contribution in [0, 0.1) is 0 Å². The molecule has 0 saturated heterocycles. The van der Waals surface area contributed by atoms with Gasteiger partial charge in [-0.05, 0) is 23.3 Å². The number of rotatable bonds is 6. The summed E-state index contributed by atoms with van der Waals surface area (Å²) in [4.78, 5) is 15.9. The molecule has 1 N–H and O–H groups in total. The largest absolute Gasteiger partial charge is 0.486 e. The lowest BCUT2D eigenvalue weighted by atomic mass is 10.0. The van der Waals surface area contributed by atoms with E-state index in [1.54, 1.807) is 18.2 Å². The second-order valence-electron chi connectivity index (χ2n) is 6.16. The van der Waals surface area contributed by atoms with Gasteiger partial charge in [-0.1, -0.05) is 66.7 Å².